The number of halogens is 3. The fourth-order valence-electron chi connectivity index (χ4n) is 4.11. The molecule has 0 amide bonds. The van der Waals surface area contributed by atoms with Crippen LogP contribution in [-0.2, 0) is 17.5 Å². The summed E-state index contributed by atoms with van der Waals surface area (Å²) in [6.07, 6.45) is -1.74. The molecule has 0 saturated carbocycles. The monoisotopic (exact) mass is 382 g/mol. The molecule has 2 bridgehead atoms. The van der Waals surface area contributed by atoms with Crippen molar-refractivity contribution in [2.24, 2.45) is 5.92 Å². The summed E-state index contributed by atoms with van der Waals surface area (Å²) in [4.78, 5) is 18.1. The average molecular weight is 382 g/mol. The first-order chi connectivity index (χ1) is 12.3. The second-order valence-corrected chi connectivity index (χ2v) is 7.73. The molecule has 3 heterocycles. The highest BCUT2D eigenvalue weighted by Crippen LogP contribution is 2.43. The van der Waals surface area contributed by atoms with E-state index in [2.05, 4.69) is 9.88 Å². The van der Waals surface area contributed by atoms with Crippen molar-refractivity contribution in [3.8, 4) is 10.6 Å². The molecule has 4 rings (SSSR count). The van der Waals surface area contributed by atoms with Gasteiger partial charge in [-0.15, -0.1) is 11.3 Å². The third-order valence-electron chi connectivity index (χ3n) is 5.35. The summed E-state index contributed by atoms with van der Waals surface area (Å²) in [6.45, 7) is 0.594. The van der Waals surface area contributed by atoms with Crippen LogP contribution >= 0.6 is 11.3 Å². The summed E-state index contributed by atoms with van der Waals surface area (Å²) >= 11 is 1.39. The second-order valence-electron chi connectivity index (χ2n) is 6.87. The molecule has 2 aliphatic heterocycles. The van der Waals surface area contributed by atoms with Gasteiger partial charge in [-0.05, 0) is 31.4 Å². The maximum absolute atomic E-state index is 12.7. The Morgan fingerprint density at radius 3 is 2.62 bits per heavy atom. The zero-order valence-corrected chi connectivity index (χ0v) is 14.6. The van der Waals surface area contributed by atoms with E-state index in [1.807, 2.05) is 5.38 Å². The number of alkyl halides is 3. The quantitative estimate of drug-likeness (QED) is 0.858. The number of nitrogens with zero attached hydrogens (tertiary/aromatic N) is 2. The maximum atomic E-state index is 12.7. The molecule has 138 valence electrons. The molecule has 4 nitrogen and oxygen atoms in total. The van der Waals surface area contributed by atoms with Crippen LogP contribution < -0.4 is 0 Å². The summed E-state index contributed by atoms with van der Waals surface area (Å²) in [5.41, 5.74) is 0.821. The predicted molar refractivity (Wildman–Crippen MR) is 90.6 cm³/mol. The molecule has 3 atom stereocenters. The number of thiazole rings is 1. The predicted octanol–water partition coefficient (Wildman–Crippen LogP) is 4.27. The minimum Gasteiger partial charge on any atom is -0.481 e. The average Bonchev–Trinajstić information content (AvgIpc) is 3.30. The van der Waals surface area contributed by atoms with Crippen LogP contribution in [0.3, 0.4) is 0 Å². The van der Waals surface area contributed by atoms with Crippen molar-refractivity contribution in [3.63, 3.8) is 0 Å². The summed E-state index contributed by atoms with van der Waals surface area (Å²) in [7, 11) is 0. The second kappa shape index (κ2) is 6.35. The van der Waals surface area contributed by atoms with Gasteiger partial charge in [-0.3, -0.25) is 9.69 Å². The van der Waals surface area contributed by atoms with Crippen LogP contribution in [0.5, 0.6) is 0 Å². The van der Waals surface area contributed by atoms with Crippen molar-refractivity contribution >= 4 is 17.3 Å². The van der Waals surface area contributed by atoms with Gasteiger partial charge in [0.25, 0.3) is 0 Å². The molecule has 2 saturated heterocycles. The first-order valence-corrected chi connectivity index (χ1v) is 9.31. The van der Waals surface area contributed by atoms with Crippen LogP contribution in [0.4, 0.5) is 13.2 Å². The lowest BCUT2D eigenvalue weighted by atomic mass is 9.89. The molecule has 1 aromatic heterocycles. The van der Waals surface area contributed by atoms with E-state index >= 15 is 0 Å². The number of hydrogen-bond donors (Lipinski definition) is 1. The zero-order valence-electron chi connectivity index (χ0n) is 13.7. The minimum atomic E-state index is -4.34. The third-order valence-corrected chi connectivity index (χ3v) is 6.29. The molecule has 3 unspecified atom stereocenters. The van der Waals surface area contributed by atoms with E-state index in [-0.39, 0.29) is 18.0 Å². The van der Waals surface area contributed by atoms with Crippen molar-refractivity contribution in [2.75, 3.05) is 0 Å². The highest BCUT2D eigenvalue weighted by atomic mass is 32.1. The summed E-state index contributed by atoms with van der Waals surface area (Å²) < 4.78 is 38.0. The lowest BCUT2D eigenvalue weighted by Gasteiger charge is -2.21. The van der Waals surface area contributed by atoms with Crippen molar-refractivity contribution in [3.05, 3.63) is 40.9 Å². The van der Waals surface area contributed by atoms with E-state index in [1.54, 1.807) is 0 Å². The Morgan fingerprint density at radius 2 is 2.00 bits per heavy atom. The van der Waals surface area contributed by atoms with E-state index < -0.39 is 17.7 Å². The number of hydrogen-bond acceptors (Lipinski definition) is 4. The van der Waals surface area contributed by atoms with Gasteiger partial charge in [0.05, 0.1) is 17.2 Å². The largest absolute Gasteiger partial charge is 0.481 e. The van der Waals surface area contributed by atoms with Gasteiger partial charge >= 0.3 is 12.1 Å². The van der Waals surface area contributed by atoms with E-state index in [0.717, 1.165) is 30.7 Å². The van der Waals surface area contributed by atoms with E-state index in [0.29, 0.717) is 23.5 Å². The maximum Gasteiger partial charge on any atom is 0.416 e. The summed E-state index contributed by atoms with van der Waals surface area (Å²) in [6, 6.07) is 5.35. The smallest absolute Gasteiger partial charge is 0.416 e. The van der Waals surface area contributed by atoms with Gasteiger partial charge in [-0.2, -0.15) is 13.2 Å². The van der Waals surface area contributed by atoms with E-state index in [9.17, 15) is 23.1 Å². The molecule has 0 aliphatic carbocycles. The van der Waals surface area contributed by atoms with Crippen molar-refractivity contribution in [1.82, 2.24) is 9.88 Å². The van der Waals surface area contributed by atoms with Gasteiger partial charge in [-0.1, -0.05) is 12.1 Å². The van der Waals surface area contributed by atoms with Gasteiger partial charge in [0.2, 0.25) is 0 Å². The zero-order chi connectivity index (χ0) is 18.5. The number of rotatable bonds is 4. The SMILES string of the molecule is O=C(O)C1CC2CCC1N2Cc1csc(-c2ccc(C(F)(F)F)cc2)n1. The molecule has 1 N–H and O–H groups in total. The van der Waals surface area contributed by atoms with Crippen molar-refractivity contribution < 1.29 is 23.1 Å². The number of benzene rings is 1. The fraction of sp³-hybridized carbons (Fsp3) is 0.444. The fourth-order valence-corrected chi connectivity index (χ4v) is 4.93. The third kappa shape index (κ3) is 3.12. The molecule has 2 fully saturated rings. The Kier molecular flexibility index (Phi) is 4.27. The molecule has 2 aromatic rings. The first-order valence-electron chi connectivity index (χ1n) is 8.43. The topological polar surface area (TPSA) is 53.4 Å². The lowest BCUT2D eigenvalue weighted by molar-refractivity contribution is -0.142. The molecule has 0 spiro atoms. The van der Waals surface area contributed by atoms with Gasteiger partial charge < -0.3 is 5.11 Å². The lowest BCUT2D eigenvalue weighted by Crippen LogP contribution is -2.32. The molecule has 8 heteroatoms. The number of carboxylic acid groups (broad SMARTS) is 1. The standard InChI is InChI=1S/C18H17F3N2O2S/c19-18(20,21)11-3-1-10(2-4-11)16-22-12(9-26-16)8-23-13-5-6-15(23)14(7-13)17(24)25/h1-4,9,13-15H,5-8H2,(H,24,25). The highest BCUT2D eigenvalue weighted by Gasteiger charge is 2.49. The van der Waals surface area contributed by atoms with Crippen LogP contribution in [0.25, 0.3) is 10.6 Å². The molecule has 0 radical (unpaired) electrons. The van der Waals surface area contributed by atoms with Crippen LogP contribution in [0.15, 0.2) is 29.6 Å². The van der Waals surface area contributed by atoms with Crippen LogP contribution in [0.2, 0.25) is 0 Å². The number of carboxylic acids is 1. The number of aromatic nitrogens is 1. The Hall–Kier alpha value is -1.93. The number of aliphatic carboxylic acids is 1. The molecule has 26 heavy (non-hydrogen) atoms. The van der Waals surface area contributed by atoms with Gasteiger partial charge in [0, 0.05) is 29.6 Å². The Morgan fingerprint density at radius 1 is 1.27 bits per heavy atom. The van der Waals surface area contributed by atoms with Crippen LogP contribution in [0, 0.1) is 5.92 Å². The normalized spacial score (nSPS) is 25.7. The highest BCUT2D eigenvalue weighted by molar-refractivity contribution is 7.13. The van der Waals surface area contributed by atoms with Gasteiger partial charge in [-0.25, -0.2) is 4.98 Å². The first kappa shape index (κ1) is 17.5. The Balaban J connectivity index is 1.48. The summed E-state index contributed by atoms with van der Waals surface area (Å²) in [5.74, 6) is -1.03. The van der Waals surface area contributed by atoms with Crippen LogP contribution in [0.1, 0.15) is 30.5 Å². The Bertz CT molecular complexity index is 819. The van der Waals surface area contributed by atoms with E-state index in [4.69, 9.17) is 0 Å². The molecule has 1 aromatic carbocycles. The molecular weight excluding hydrogens is 365 g/mol. The minimum absolute atomic E-state index is 0.0636. The molecule has 2 aliphatic rings. The summed E-state index contributed by atoms with van der Waals surface area (Å²) in [5, 5.41) is 11.9. The molecular formula is C18H17F3N2O2S. The van der Waals surface area contributed by atoms with E-state index in [1.165, 1.54) is 23.5 Å². The van der Waals surface area contributed by atoms with Crippen LogP contribution in [-0.4, -0.2) is 33.0 Å². The Labute approximate surface area is 152 Å². The number of carbonyl (C=O) groups is 1. The van der Waals surface area contributed by atoms with Crippen molar-refractivity contribution in [1.29, 1.82) is 0 Å². The van der Waals surface area contributed by atoms with Gasteiger partial charge in [0.15, 0.2) is 0 Å². The van der Waals surface area contributed by atoms with Crippen molar-refractivity contribution in [2.45, 2.75) is 44.1 Å². The number of fused-ring (bicyclic) bond motifs is 2. The van der Waals surface area contributed by atoms with Gasteiger partial charge in [0.1, 0.15) is 5.01 Å².